The van der Waals surface area contributed by atoms with Crippen molar-refractivity contribution < 1.29 is 13.9 Å². The third-order valence-corrected chi connectivity index (χ3v) is 5.52. The molecule has 2 aromatic carbocycles. The summed E-state index contributed by atoms with van der Waals surface area (Å²) in [4.78, 5) is 20.0. The molecule has 1 heterocycles. The molecule has 0 unspecified atom stereocenters. The fraction of sp³-hybridized carbons (Fsp3) is 0.318. The number of carbonyl (C=O) groups is 1. The minimum Gasteiger partial charge on any atom is -0.488 e. The number of anilines is 3. The van der Waals surface area contributed by atoms with Gasteiger partial charge >= 0.3 is 0 Å². The molecule has 30 heavy (non-hydrogen) atoms. The third kappa shape index (κ3) is 4.12. The minimum atomic E-state index is -0.391. The molecule has 3 aromatic rings. The molecule has 0 spiro atoms. The predicted octanol–water partition coefficient (Wildman–Crippen LogP) is 3.83. The van der Waals surface area contributed by atoms with Crippen molar-refractivity contribution in [2.45, 2.75) is 38.7 Å². The molecular formula is C22H24FN5O2. The number of nitrogens with zero attached hydrogens (tertiary/aromatic N) is 2. The van der Waals surface area contributed by atoms with Gasteiger partial charge < -0.3 is 21.5 Å². The molecule has 4 rings (SSSR count). The summed E-state index contributed by atoms with van der Waals surface area (Å²) in [5, 5.41) is 4.10. The van der Waals surface area contributed by atoms with Gasteiger partial charge in [0.05, 0.1) is 17.3 Å². The Bertz CT molecular complexity index is 1100. The van der Waals surface area contributed by atoms with Gasteiger partial charge in [-0.25, -0.2) is 14.4 Å². The first-order valence-electron chi connectivity index (χ1n) is 9.94. The average molecular weight is 409 g/mol. The Morgan fingerprint density at radius 3 is 2.67 bits per heavy atom. The molecule has 5 N–H and O–H groups in total. The Kier molecular flexibility index (Phi) is 5.39. The number of aromatic nitrogens is 2. The molecule has 1 fully saturated rings. The van der Waals surface area contributed by atoms with Gasteiger partial charge in [0.15, 0.2) is 0 Å². The van der Waals surface area contributed by atoms with Crippen LogP contribution in [0.3, 0.4) is 0 Å². The lowest BCUT2D eigenvalue weighted by atomic mass is 9.87. The number of ether oxygens (including phenoxy) is 1. The molecule has 0 saturated heterocycles. The van der Waals surface area contributed by atoms with Crippen LogP contribution in [0.25, 0.3) is 10.9 Å². The van der Waals surface area contributed by atoms with Crippen LogP contribution in [-0.2, 0) is 4.79 Å². The van der Waals surface area contributed by atoms with E-state index in [-0.39, 0.29) is 17.9 Å². The molecule has 1 saturated carbocycles. The maximum Gasteiger partial charge on any atom is 0.220 e. The van der Waals surface area contributed by atoms with E-state index in [2.05, 4.69) is 15.3 Å². The Labute approximate surface area is 173 Å². The fourth-order valence-corrected chi connectivity index (χ4v) is 3.98. The van der Waals surface area contributed by atoms with Gasteiger partial charge in [-0.2, -0.15) is 0 Å². The number of aryl methyl sites for hydroxylation is 1. The summed E-state index contributed by atoms with van der Waals surface area (Å²) >= 11 is 0. The third-order valence-electron chi connectivity index (χ3n) is 5.52. The van der Waals surface area contributed by atoms with E-state index >= 15 is 0 Å². The standard InChI is InChI=1S/C22H24FN5O2/c1-12-8-15(24)10-18-20(12)22(27-11-26-18)28-17-7-4-14(23)9-19(17)30-16-5-2-13(3-6-16)21(25)29/h4,7-11,13,16H,2-3,5-6,24H2,1H3,(H2,25,29)(H,26,27,28). The highest BCUT2D eigenvalue weighted by atomic mass is 19.1. The lowest BCUT2D eigenvalue weighted by Crippen LogP contribution is -2.31. The molecule has 7 nitrogen and oxygen atoms in total. The van der Waals surface area contributed by atoms with Crippen LogP contribution in [0.4, 0.5) is 21.6 Å². The molecule has 1 aliphatic carbocycles. The fourth-order valence-electron chi connectivity index (χ4n) is 3.98. The Hall–Kier alpha value is -3.42. The highest BCUT2D eigenvalue weighted by Gasteiger charge is 2.26. The number of benzene rings is 2. The number of hydrogen-bond donors (Lipinski definition) is 3. The Morgan fingerprint density at radius 1 is 1.17 bits per heavy atom. The summed E-state index contributed by atoms with van der Waals surface area (Å²) in [6.07, 6.45) is 4.09. The number of nitrogen functional groups attached to an aromatic ring is 1. The largest absolute Gasteiger partial charge is 0.488 e. The van der Waals surface area contributed by atoms with Crippen LogP contribution >= 0.6 is 0 Å². The monoisotopic (exact) mass is 409 g/mol. The summed E-state index contributed by atoms with van der Waals surface area (Å²) in [5.41, 5.74) is 14.2. The van der Waals surface area contributed by atoms with Crippen molar-refractivity contribution in [1.82, 2.24) is 9.97 Å². The number of fused-ring (bicyclic) bond motifs is 1. The summed E-state index contributed by atoms with van der Waals surface area (Å²) in [6, 6.07) is 8.00. The lowest BCUT2D eigenvalue weighted by molar-refractivity contribution is -0.123. The van der Waals surface area contributed by atoms with Gasteiger partial charge in [0, 0.05) is 23.1 Å². The van der Waals surface area contributed by atoms with Crippen molar-refractivity contribution in [2.24, 2.45) is 11.7 Å². The van der Waals surface area contributed by atoms with E-state index < -0.39 is 5.82 Å². The smallest absolute Gasteiger partial charge is 0.220 e. The van der Waals surface area contributed by atoms with Gasteiger partial charge in [-0.05, 0) is 62.4 Å². The zero-order chi connectivity index (χ0) is 21.3. The van der Waals surface area contributed by atoms with Crippen LogP contribution in [0.5, 0.6) is 5.75 Å². The molecule has 0 atom stereocenters. The van der Waals surface area contributed by atoms with Gasteiger partial charge in [-0.1, -0.05) is 0 Å². The number of nitrogens with two attached hydrogens (primary N) is 2. The maximum absolute atomic E-state index is 14.0. The van der Waals surface area contributed by atoms with E-state index in [0.29, 0.717) is 48.6 Å². The van der Waals surface area contributed by atoms with E-state index in [1.807, 2.05) is 13.0 Å². The highest BCUT2D eigenvalue weighted by Crippen LogP contribution is 2.35. The topological polar surface area (TPSA) is 116 Å². The van der Waals surface area contributed by atoms with Crippen LogP contribution in [-0.4, -0.2) is 22.0 Å². The van der Waals surface area contributed by atoms with Gasteiger partial charge in [-0.3, -0.25) is 4.79 Å². The normalized spacial score (nSPS) is 18.9. The SMILES string of the molecule is Cc1cc(N)cc2ncnc(Nc3ccc(F)cc3OC3CCC(C(N)=O)CC3)c12. The van der Waals surface area contributed by atoms with Gasteiger partial charge in [0.1, 0.15) is 23.7 Å². The van der Waals surface area contributed by atoms with E-state index in [9.17, 15) is 9.18 Å². The first-order valence-corrected chi connectivity index (χ1v) is 9.94. The Morgan fingerprint density at radius 2 is 1.93 bits per heavy atom. The number of halogens is 1. The van der Waals surface area contributed by atoms with Gasteiger partial charge in [0.2, 0.25) is 5.91 Å². The van der Waals surface area contributed by atoms with Crippen LogP contribution in [0.2, 0.25) is 0 Å². The summed E-state index contributed by atoms with van der Waals surface area (Å²) in [7, 11) is 0. The molecule has 0 bridgehead atoms. The quantitative estimate of drug-likeness (QED) is 0.552. The zero-order valence-corrected chi connectivity index (χ0v) is 16.7. The molecule has 1 aromatic heterocycles. The van der Waals surface area contributed by atoms with Crippen molar-refractivity contribution in [2.75, 3.05) is 11.1 Å². The maximum atomic E-state index is 14.0. The number of primary amides is 1. The summed E-state index contributed by atoms with van der Waals surface area (Å²) in [6.45, 7) is 1.94. The number of rotatable bonds is 5. The predicted molar refractivity (Wildman–Crippen MR) is 114 cm³/mol. The number of amides is 1. The first kappa shape index (κ1) is 19.9. The van der Waals surface area contributed by atoms with Crippen molar-refractivity contribution in [3.8, 4) is 5.75 Å². The number of nitrogens with one attached hydrogen (secondary N) is 1. The second-order valence-electron chi connectivity index (χ2n) is 7.71. The first-order chi connectivity index (χ1) is 14.4. The second-order valence-corrected chi connectivity index (χ2v) is 7.71. The lowest BCUT2D eigenvalue weighted by Gasteiger charge is -2.28. The summed E-state index contributed by atoms with van der Waals surface area (Å²) in [5.74, 6) is 0.215. The minimum absolute atomic E-state index is 0.105. The van der Waals surface area contributed by atoms with E-state index in [1.165, 1.54) is 18.5 Å². The highest BCUT2D eigenvalue weighted by molar-refractivity contribution is 5.95. The van der Waals surface area contributed by atoms with Crippen molar-refractivity contribution in [1.29, 1.82) is 0 Å². The molecule has 1 aliphatic rings. The van der Waals surface area contributed by atoms with E-state index in [1.54, 1.807) is 12.1 Å². The van der Waals surface area contributed by atoms with Crippen LogP contribution < -0.4 is 21.5 Å². The van der Waals surface area contributed by atoms with Crippen molar-refractivity contribution >= 4 is 34.0 Å². The van der Waals surface area contributed by atoms with E-state index in [0.717, 1.165) is 16.5 Å². The van der Waals surface area contributed by atoms with Crippen LogP contribution in [0.15, 0.2) is 36.7 Å². The number of carbonyl (C=O) groups excluding carboxylic acids is 1. The molecule has 0 radical (unpaired) electrons. The van der Waals surface area contributed by atoms with Crippen molar-refractivity contribution in [3.05, 3.63) is 48.0 Å². The van der Waals surface area contributed by atoms with Gasteiger partial charge in [0.25, 0.3) is 0 Å². The average Bonchev–Trinajstić information content (AvgIpc) is 2.70. The van der Waals surface area contributed by atoms with Crippen molar-refractivity contribution in [3.63, 3.8) is 0 Å². The molecular weight excluding hydrogens is 385 g/mol. The molecule has 156 valence electrons. The van der Waals surface area contributed by atoms with Crippen LogP contribution in [0.1, 0.15) is 31.2 Å². The number of hydrogen-bond acceptors (Lipinski definition) is 6. The summed E-state index contributed by atoms with van der Waals surface area (Å²) < 4.78 is 20.1. The van der Waals surface area contributed by atoms with Crippen LogP contribution in [0, 0.1) is 18.7 Å². The molecule has 1 amide bonds. The second kappa shape index (κ2) is 8.14. The molecule has 0 aliphatic heterocycles. The zero-order valence-electron chi connectivity index (χ0n) is 16.7. The van der Waals surface area contributed by atoms with E-state index in [4.69, 9.17) is 16.2 Å². The van der Waals surface area contributed by atoms with Gasteiger partial charge in [-0.15, -0.1) is 0 Å². The Balaban J connectivity index is 1.61. The molecule has 8 heteroatoms.